The zero-order valence-corrected chi connectivity index (χ0v) is 7.81. The summed E-state index contributed by atoms with van der Waals surface area (Å²) in [4.78, 5) is 3.67. The van der Waals surface area contributed by atoms with Gasteiger partial charge < -0.3 is 15.5 Å². The maximum absolute atomic E-state index is 12.5. The van der Waals surface area contributed by atoms with Gasteiger partial charge in [-0.25, -0.2) is 4.39 Å². The standard InChI is InChI=1S/C9H13FN2O2/c1-11-5-8(13)9(14)7-3-2-6(10)4-12-7/h2-4,8-9,11,13-14H,5H2,1H3. The van der Waals surface area contributed by atoms with Gasteiger partial charge in [-0.15, -0.1) is 0 Å². The molecule has 3 N–H and O–H groups in total. The number of hydrogen-bond acceptors (Lipinski definition) is 4. The van der Waals surface area contributed by atoms with E-state index < -0.39 is 18.0 Å². The molecular formula is C9H13FN2O2. The lowest BCUT2D eigenvalue weighted by atomic mass is 10.1. The Balaban J connectivity index is 2.68. The molecule has 0 fully saturated rings. The van der Waals surface area contributed by atoms with Crippen molar-refractivity contribution >= 4 is 0 Å². The highest BCUT2D eigenvalue weighted by molar-refractivity contribution is 5.09. The van der Waals surface area contributed by atoms with Gasteiger partial charge in [-0.05, 0) is 19.2 Å². The molecule has 14 heavy (non-hydrogen) atoms. The number of aliphatic hydroxyl groups is 2. The first-order chi connectivity index (χ1) is 6.65. The first kappa shape index (κ1) is 11.0. The van der Waals surface area contributed by atoms with Crippen LogP contribution in [0.3, 0.4) is 0 Å². The summed E-state index contributed by atoms with van der Waals surface area (Å²) in [7, 11) is 1.66. The summed E-state index contributed by atoms with van der Waals surface area (Å²) in [5.74, 6) is -0.468. The Morgan fingerprint density at radius 3 is 2.71 bits per heavy atom. The maximum atomic E-state index is 12.5. The van der Waals surface area contributed by atoms with Gasteiger partial charge in [0.05, 0.1) is 18.0 Å². The monoisotopic (exact) mass is 200 g/mol. The van der Waals surface area contributed by atoms with E-state index in [1.54, 1.807) is 7.05 Å². The second-order valence-electron chi connectivity index (χ2n) is 2.97. The van der Waals surface area contributed by atoms with Crippen LogP contribution in [0.4, 0.5) is 4.39 Å². The number of likely N-dealkylation sites (N-methyl/N-ethyl adjacent to an activating group) is 1. The number of nitrogens with one attached hydrogen (secondary N) is 1. The lowest BCUT2D eigenvalue weighted by molar-refractivity contribution is 0.0176. The van der Waals surface area contributed by atoms with Crippen LogP contribution in [0.1, 0.15) is 11.8 Å². The van der Waals surface area contributed by atoms with Crippen LogP contribution < -0.4 is 5.32 Å². The van der Waals surface area contributed by atoms with E-state index in [1.807, 2.05) is 0 Å². The fraction of sp³-hybridized carbons (Fsp3) is 0.444. The van der Waals surface area contributed by atoms with Crippen molar-refractivity contribution in [3.63, 3.8) is 0 Å². The predicted octanol–water partition coefficient (Wildman–Crippen LogP) is -0.166. The van der Waals surface area contributed by atoms with Crippen LogP contribution in [0, 0.1) is 5.82 Å². The topological polar surface area (TPSA) is 65.4 Å². The Morgan fingerprint density at radius 1 is 1.50 bits per heavy atom. The number of hydrogen-bond donors (Lipinski definition) is 3. The summed E-state index contributed by atoms with van der Waals surface area (Å²) in [5.41, 5.74) is 0.258. The molecule has 2 unspecified atom stereocenters. The molecule has 1 rings (SSSR count). The average molecular weight is 200 g/mol. The zero-order chi connectivity index (χ0) is 10.6. The van der Waals surface area contributed by atoms with Crippen LogP contribution in [-0.4, -0.2) is 34.9 Å². The first-order valence-electron chi connectivity index (χ1n) is 4.27. The zero-order valence-electron chi connectivity index (χ0n) is 7.81. The molecule has 0 saturated carbocycles. The minimum absolute atomic E-state index is 0.250. The molecule has 4 nitrogen and oxygen atoms in total. The Kier molecular flexibility index (Phi) is 3.94. The third-order valence-electron chi connectivity index (χ3n) is 1.83. The highest BCUT2D eigenvalue weighted by Crippen LogP contribution is 2.13. The van der Waals surface area contributed by atoms with Gasteiger partial charge in [-0.1, -0.05) is 0 Å². The maximum Gasteiger partial charge on any atom is 0.141 e. The summed E-state index contributed by atoms with van der Waals surface area (Å²) in [6.07, 6.45) is -1.04. The van der Waals surface area contributed by atoms with Crippen molar-refractivity contribution in [2.75, 3.05) is 13.6 Å². The van der Waals surface area contributed by atoms with E-state index in [-0.39, 0.29) is 12.2 Å². The van der Waals surface area contributed by atoms with Crippen molar-refractivity contribution in [2.24, 2.45) is 0 Å². The van der Waals surface area contributed by atoms with E-state index in [2.05, 4.69) is 10.3 Å². The van der Waals surface area contributed by atoms with E-state index in [4.69, 9.17) is 0 Å². The van der Waals surface area contributed by atoms with Crippen molar-refractivity contribution in [3.05, 3.63) is 29.8 Å². The molecule has 78 valence electrons. The van der Waals surface area contributed by atoms with Gasteiger partial charge in [0, 0.05) is 6.54 Å². The normalized spacial score (nSPS) is 15.1. The molecule has 0 aliphatic rings. The minimum Gasteiger partial charge on any atom is -0.389 e. The van der Waals surface area contributed by atoms with Crippen molar-refractivity contribution in [1.29, 1.82) is 0 Å². The Labute approximate surface area is 81.4 Å². The third-order valence-corrected chi connectivity index (χ3v) is 1.83. The number of halogens is 1. The van der Waals surface area contributed by atoms with E-state index >= 15 is 0 Å². The molecule has 0 saturated heterocycles. The molecular weight excluding hydrogens is 187 g/mol. The summed E-state index contributed by atoms with van der Waals surface area (Å²) in [6.45, 7) is 0.250. The number of rotatable bonds is 4. The van der Waals surface area contributed by atoms with Gasteiger partial charge in [0.15, 0.2) is 0 Å². The SMILES string of the molecule is CNCC(O)C(O)c1ccc(F)cn1. The summed E-state index contributed by atoms with van der Waals surface area (Å²) < 4.78 is 12.5. The smallest absolute Gasteiger partial charge is 0.141 e. The van der Waals surface area contributed by atoms with Crippen molar-refractivity contribution in [2.45, 2.75) is 12.2 Å². The first-order valence-corrected chi connectivity index (χ1v) is 4.27. The summed E-state index contributed by atoms with van der Waals surface area (Å²) in [6, 6.07) is 2.54. The van der Waals surface area contributed by atoms with E-state index in [9.17, 15) is 14.6 Å². The molecule has 1 heterocycles. The Morgan fingerprint density at radius 2 is 2.21 bits per heavy atom. The van der Waals surface area contributed by atoms with Crippen LogP contribution in [0.2, 0.25) is 0 Å². The van der Waals surface area contributed by atoms with Gasteiger partial charge in [-0.2, -0.15) is 0 Å². The second-order valence-corrected chi connectivity index (χ2v) is 2.97. The molecule has 0 aliphatic carbocycles. The minimum atomic E-state index is -1.09. The van der Waals surface area contributed by atoms with Crippen LogP contribution in [-0.2, 0) is 0 Å². The van der Waals surface area contributed by atoms with Gasteiger partial charge in [0.25, 0.3) is 0 Å². The molecule has 1 aromatic rings. The van der Waals surface area contributed by atoms with Crippen LogP contribution in [0.25, 0.3) is 0 Å². The molecule has 0 radical (unpaired) electrons. The van der Waals surface area contributed by atoms with Crippen molar-refractivity contribution in [1.82, 2.24) is 10.3 Å². The Bertz CT molecular complexity index is 279. The quantitative estimate of drug-likeness (QED) is 0.631. The second kappa shape index (κ2) is 4.99. The largest absolute Gasteiger partial charge is 0.389 e. The fourth-order valence-corrected chi connectivity index (χ4v) is 1.08. The number of aliphatic hydroxyl groups excluding tert-OH is 2. The van der Waals surface area contributed by atoms with E-state index in [0.717, 1.165) is 6.20 Å². The number of pyridine rings is 1. The highest BCUT2D eigenvalue weighted by Gasteiger charge is 2.18. The molecule has 0 spiro atoms. The third kappa shape index (κ3) is 2.73. The number of nitrogens with zero attached hydrogens (tertiary/aromatic N) is 1. The highest BCUT2D eigenvalue weighted by atomic mass is 19.1. The molecule has 0 amide bonds. The van der Waals surface area contributed by atoms with Crippen LogP contribution >= 0.6 is 0 Å². The lowest BCUT2D eigenvalue weighted by Gasteiger charge is -2.16. The van der Waals surface area contributed by atoms with Crippen LogP contribution in [0.5, 0.6) is 0 Å². The number of aromatic nitrogens is 1. The lowest BCUT2D eigenvalue weighted by Crippen LogP contribution is -2.30. The van der Waals surface area contributed by atoms with E-state index in [0.29, 0.717) is 0 Å². The van der Waals surface area contributed by atoms with E-state index in [1.165, 1.54) is 12.1 Å². The van der Waals surface area contributed by atoms with Crippen molar-refractivity contribution < 1.29 is 14.6 Å². The van der Waals surface area contributed by atoms with Gasteiger partial charge in [0.2, 0.25) is 0 Å². The van der Waals surface area contributed by atoms with Crippen LogP contribution in [0.15, 0.2) is 18.3 Å². The molecule has 1 aromatic heterocycles. The molecule has 2 atom stereocenters. The predicted molar refractivity (Wildman–Crippen MR) is 49.1 cm³/mol. The van der Waals surface area contributed by atoms with Gasteiger partial charge in [-0.3, -0.25) is 4.98 Å². The van der Waals surface area contributed by atoms with Gasteiger partial charge >= 0.3 is 0 Å². The average Bonchev–Trinajstić information content (AvgIpc) is 2.18. The molecule has 0 bridgehead atoms. The Hall–Kier alpha value is -1.04. The molecule has 0 aromatic carbocycles. The summed E-state index contributed by atoms with van der Waals surface area (Å²) >= 11 is 0. The van der Waals surface area contributed by atoms with Crippen molar-refractivity contribution in [3.8, 4) is 0 Å². The van der Waals surface area contributed by atoms with Gasteiger partial charge in [0.1, 0.15) is 11.9 Å². The fourth-order valence-electron chi connectivity index (χ4n) is 1.08. The molecule has 0 aliphatic heterocycles. The summed E-state index contributed by atoms with van der Waals surface area (Å²) in [5, 5.41) is 21.6. The molecule has 5 heteroatoms.